The monoisotopic (exact) mass is 454 g/mol. The van der Waals surface area contributed by atoms with Gasteiger partial charge in [0.2, 0.25) is 10.0 Å². The summed E-state index contributed by atoms with van der Waals surface area (Å²) in [6.07, 6.45) is 0. The van der Waals surface area contributed by atoms with Crippen molar-refractivity contribution in [2.24, 2.45) is 0 Å². The molecule has 3 aromatic rings. The first kappa shape index (κ1) is 21.8. The topological polar surface area (TPSA) is 114 Å². The number of hydrogen-bond acceptors (Lipinski definition) is 7. The molecule has 0 atom stereocenters. The van der Waals surface area contributed by atoms with Crippen LogP contribution in [0.4, 0.5) is 0 Å². The van der Waals surface area contributed by atoms with Crippen LogP contribution in [-0.4, -0.2) is 65.6 Å². The fourth-order valence-electron chi connectivity index (χ4n) is 3.51. The number of nitrogens with zero attached hydrogens (tertiary/aromatic N) is 4. The maximum atomic E-state index is 13.0. The number of carbonyl (C=O) groups excluding carboxylic acids is 2. The Balaban J connectivity index is 1.42. The van der Waals surface area contributed by atoms with Crippen LogP contribution in [0.3, 0.4) is 0 Å². The number of aryl methyl sites for hydroxylation is 1. The van der Waals surface area contributed by atoms with Crippen LogP contribution in [-0.2, 0) is 10.0 Å². The van der Waals surface area contributed by atoms with Crippen LogP contribution in [0.15, 0.2) is 57.9 Å². The number of sulfonamides is 1. The van der Waals surface area contributed by atoms with Gasteiger partial charge in [0.1, 0.15) is 0 Å². The Morgan fingerprint density at radius 2 is 1.66 bits per heavy atom. The van der Waals surface area contributed by atoms with E-state index in [1.807, 2.05) is 0 Å². The van der Waals surface area contributed by atoms with Gasteiger partial charge in [0, 0.05) is 42.9 Å². The van der Waals surface area contributed by atoms with E-state index in [1.165, 1.54) is 23.4 Å². The standard InChI is InChI=1S/C22H22N4O5S/c1-15(27)19-4-3-5-20(14-19)32(29,30)26-12-10-25(11-13-26)22(28)18-8-6-17(7-9-18)21-23-16(2)24-31-21/h3-9,14H,10-13H2,1-2H3. The van der Waals surface area contributed by atoms with Gasteiger partial charge < -0.3 is 9.42 Å². The quantitative estimate of drug-likeness (QED) is 0.544. The highest BCUT2D eigenvalue weighted by Gasteiger charge is 2.30. The predicted molar refractivity (Wildman–Crippen MR) is 116 cm³/mol. The van der Waals surface area contributed by atoms with Crippen LogP contribution in [0.25, 0.3) is 11.5 Å². The fourth-order valence-corrected chi connectivity index (χ4v) is 4.98. The first-order valence-electron chi connectivity index (χ1n) is 10.1. The number of Topliss-reactive ketones (excluding diaryl/α,β-unsaturated/α-hetero) is 1. The molecule has 2 heterocycles. The molecule has 0 saturated carbocycles. The number of ketones is 1. The largest absolute Gasteiger partial charge is 0.336 e. The number of rotatable bonds is 5. The van der Waals surface area contributed by atoms with Crippen molar-refractivity contribution in [3.8, 4) is 11.5 Å². The van der Waals surface area contributed by atoms with Gasteiger partial charge in [0.15, 0.2) is 11.6 Å². The summed E-state index contributed by atoms with van der Waals surface area (Å²) in [5.74, 6) is 0.543. The van der Waals surface area contributed by atoms with E-state index in [2.05, 4.69) is 10.1 Å². The third-order valence-corrected chi connectivity index (χ3v) is 7.21. The third-order valence-electron chi connectivity index (χ3n) is 5.31. The average Bonchev–Trinajstić information content (AvgIpc) is 3.25. The number of carbonyl (C=O) groups is 2. The van der Waals surface area contributed by atoms with Crippen LogP contribution in [0.5, 0.6) is 0 Å². The molecular weight excluding hydrogens is 432 g/mol. The second-order valence-corrected chi connectivity index (χ2v) is 9.44. The van der Waals surface area contributed by atoms with Crippen LogP contribution in [0.2, 0.25) is 0 Å². The number of piperazine rings is 1. The maximum Gasteiger partial charge on any atom is 0.257 e. The normalized spacial score (nSPS) is 15.0. The first-order chi connectivity index (χ1) is 15.3. The van der Waals surface area contributed by atoms with E-state index in [0.717, 1.165) is 0 Å². The zero-order valence-corrected chi connectivity index (χ0v) is 18.5. The lowest BCUT2D eigenvalue weighted by Gasteiger charge is -2.34. The molecular formula is C22H22N4O5S. The van der Waals surface area contributed by atoms with Crippen LogP contribution in [0.1, 0.15) is 33.5 Å². The number of aromatic nitrogens is 2. The van der Waals surface area contributed by atoms with Crippen LogP contribution >= 0.6 is 0 Å². The van der Waals surface area contributed by atoms with Gasteiger partial charge in [0.25, 0.3) is 11.8 Å². The lowest BCUT2D eigenvalue weighted by Crippen LogP contribution is -2.50. The van der Waals surface area contributed by atoms with Crippen molar-refractivity contribution >= 4 is 21.7 Å². The van der Waals surface area contributed by atoms with Crippen molar-refractivity contribution in [2.75, 3.05) is 26.2 Å². The molecule has 0 aliphatic carbocycles. The summed E-state index contributed by atoms with van der Waals surface area (Å²) in [7, 11) is -3.75. The van der Waals surface area contributed by atoms with Crippen molar-refractivity contribution in [3.05, 3.63) is 65.5 Å². The van der Waals surface area contributed by atoms with Gasteiger partial charge in [0.05, 0.1) is 4.90 Å². The van der Waals surface area contributed by atoms with Crippen molar-refractivity contribution in [1.29, 1.82) is 0 Å². The van der Waals surface area contributed by atoms with Gasteiger partial charge in [-0.1, -0.05) is 17.3 Å². The molecule has 0 spiro atoms. The van der Waals surface area contributed by atoms with Gasteiger partial charge in [-0.15, -0.1) is 0 Å². The highest BCUT2D eigenvalue weighted by Crippen LogP contribution is 2.21. The minimum absolute atomic E-state index is 0.0804. The highest BCUT2D eigenvalue weighted by molar-refractivity contribution is 7.89. The Bertz CT molecular complexity index is 1260. The summed E-state index contributed by atoms with van der Waals surface area (Å²) in [6, 6.07) is 12.9. The molecule has 1 saturated heterocycles. The Morgan fingerprint density at radius 1 is 0.969 bits per heavy atom. The van der Waals surface area contributed by atoms with Gasteiger partial charge in [-0.2, -0.15) is 9.29 Å². The number of benzene rings is 2. The summed E-state index contributed by atoms with van der Waals surface area (Å²) in [5, 5.41) is 3.75. The summed E-state index contributed by atoms with van der Waals surface area (Å²) in [6.45, 7) is 4.02. The van der Waals surface area contributed by atoms with E-state index >= 15 is 0 Å². The minimum atomic E-state index is -3.75. The van der Waals surface area contributed by atoms with Crippen molar-refractivity contribution in [2.45, 2.75) is 18.7 Å². The molecule has 1 aliphatic rings. The minimum Gasteiger partial charge on any atom is -0.336 e. The van der Waals surface area contributed by atoms with Crippen molar-refractivity contribution in [1.82, 2.24) is 19.3 Å². The molecule has 166 valence electrons. The summed E-state index contributed by atoms with van der Waals surface area (Å²) in [4.78, 5) is 30.3. The number of amides is 1. The van der Waals surface area contributed by atoms with E-state index in [1.54, 1.807) is 48.2 Å². The Labute approximate surface area is 185 Å². The maximum absolute atomic E-state index is 13.0. The van der Waals surface area contributed by atoms with E-state index in [0.29, 0.717) is 28.4 Å². The Morgan fingerprint density at radius 3 is 2.25 bits per heavy atom. The SMILES string of the molecule is CC(=O)c1cccc(S(=O)(=O)N2CCN(C(=O)c3ccc(-c4nc(C)no4)cc3)CC2)c1. The highest BCUT2D eigenvalue weighted by atomic mass is 32.2. The molecule has 1 aliphatic heterocycles. The molecule has 0 N–H and O–H groups in total. The molecule has 0 radical (unpaired) electrons. The second-order valence-electron chi connectivity index (χ2n) is 7.50. The second kappa shape index (κ2) is 8.64. The van der Waals surface area contributed by atoms with Crippen molar-refractivity contribution in [3.63, 3.8) is 0 Å². The lowest BCUT2D eigenvalue weighted by atomic mass is 10.1. The molecule has 1 aromatic heterocycles. The van der Waals surface area contributed by atoms with E-state index in [9.17, 15) is 18.0 Å². The molecule has 10 heteroatoms. The van der Waals surface area contributed by atoms with Crippen molar-refractivity contribution < 1.29 is 22.5 Å². The van der Waals surface area contributed by atoms with Gasteiger partial charge in [-0.25, -0.2) is 8.42 Å². The lowest BCUT2D eigenvalue weighted by molar-refractivity contribution is 0.0697. The Hall–Kier alpha value is -3.37. The Kier molecular flexibility index (Phi) is 5.90. The molecule has 9 nitrogen and oxygen atoms in total. The number of hydrogen-bond donors (Lipinski definition) is 0. The van der Waals surface area contributed by atoms with Crippen LogP contribution in [0, 0.1) is 6.92 Å². The zero-order chi connectivity index (χ0) is 22.9. The zero-order valence-electron chi connectivity index (χ0n) is 17.7. The predicted octanol–water partition coefficient (Wildman–Crippen LogP) is 2.39. The molecule has 2 aromatic carbocycles. The molecule has 0 unspecified atom stereocenters. The van der Waals surface area contributed by atoms with Crippen LogP contribution < -0.4 is 0 Å². The average molecular weight is 455 g/mol. The smallest absolute Gasteiger partial charge is 0.257 e. The molecule has 32 heavy (non-hydrogen) atoms. The van der Waals surface area contributed by atoms with Gasteiger partial charge in [-0.3, -0.25) is 9.59 Å². The molecule has 4 rings (SSSR count). The molecule has 1 fully saturated rings. The summed E-state index contributed by atoms with van der Waals surface area (Å²) >= 11 is 0. The van der Waals surface area contributed by atoms with E-state index in [-0.39, 0.29) is 42.8 Å². The first-order valence-corrected chi connectivity index (χ1v) is 11.5. The summed E-state index contributed by atoms with van der Waals surface area (Å²) < 4.78 is 32.4. The third kappa shape index (κ3) is 4.32. The van der Waals surface area contributed by atoms with Gasteiger partial charge in [-0.05, 0) is 50.2 Å². The molecule has 1 amide bonds. The van der Waals surface area contributed by atoms with E-state index in [4.69, 9.17) is 4.52 Å². The molecule has 0 bridgehead atoms. The van der Waals surface area contributed by atoms with E-state index < -0.39 is 10.0 Å². The van der Waals surface area contributed by atoms with Gasteiger partial charge >= 0.3 is 0 Å². The summed E-state index contributed by atoms with van der Waals surface area (Å²) in [5.41, 5.74) is 1.56. The fraction of sp³-hybridized carbons (Fsp3) is 0.273.